The van der Waals surface area contributed by atoms with Crippen molar-refractivity contribution in [2.45, 2.75) is 6.92 Å². The second-order valence-corrected chi connectivity index (χ2v) is 5.50. The van der Waals surface area contributed by atoms with Gasteiger partial charge in [-0.05, 0) is 102 Å². The molecular weight excluding hydrogens is 540 g/mol. The Labute approximate surface area is 267 Å². The Morgan fingerprint density at radius 2 is 0.289 bits per heavy atom. The van der Waals surface area contributed by atoms with Crippen molar-refractivity contribution >= 4 is 0 Å². The molecule has 0 rings (SSSR count). The Morgan fingerprint density at radius 1 is 0.178 bits per heavy atom. The minimum absolute atomic E-state index is 1.69. The van der Waals surface area contributed by atoms with Crippen molar-refractivity contribution in [2.75, 3.05) is 0 Å². The van der Waals surface area contributed by atoms with E-state index in [1.807, 2.05) is 5.92 Å². The Morgan fingerprint density at radius 3 is 0.400 bits per heavy atom. The molecule has 0 aromatic carbocycles. The van der Waals surface area contributed by atoms with Gasteiger partial charge in [0.25, 0.3) is 0 Å². The van der Waals surface area contributed by atoms with Crippen LogP contribution in [0.2, 0.25) is 0 Å². The van der Waals surface area contributed by atoms with Crippen LogP contribution < -0.4 is 0 Å². The summed E-state index contributed by atoms with van der Waals surface area (Å²) < 4.78 is 0. The van der Waals surface area contributed by atoms with Gasteiger partial charge in [-0.3, -0.25) is 5.92 Å². The summed E-state index contributed by atoms with van der Waals surface area (Å²) in [5, 5.41) is 0. The molecule has 0 bridgehead atoms. The number of hydrogen-bond acceptors (Lipinski definition) is 0. The normalized spacial score (nSPS) is 3.91. The maximum absolute atomic E-state index is 6.56. The SMILES string of the molecule is [C-]#CC#CC#CC#CC#CC#CC#CC#CC#CC#CC#CC#CC#CC#CC#CC#CC#CC#CC#CC#CC#CC#CC. The summed E-state index contributed by atoms with van der Waals surface area (Å²) >= 11 is 0. The summed E-state index contributed by atoms with van der Waals surface area (Å²) in [4.78, 5) is 0. The van der Waals surface area contributed by atoms with Gasteiger partial charge in [-0.15, -0.1) is 5.92 Å². The Bertz CT molecular complexity index is 2660. The van der Waals surface area contributed by atoms with Crippen molar-refractivity contribution in [3.05, 3.63) is 6.42 Å². The van der Waals surface area contributed by atoms with E-state index in [9.17, 15) is 0 Å². The van der Waals surface area contributed by atoms with Crippen molar-refractivity contribution in [3.63, 3.8) is 0 Å². The molecule has 0 heteroatoms. The van der Waals surface area contributed by atoms with E-state index in [4.69, 9.17) is 6.42 Å². The van der Waals surface area contributed by atoms with Gasteiger partial charge in [0.2, 0.25) is 0 Å². The predicted molar refractivity (Wildman–Crippen MR) is 176 cm³/mol. The monoisotopic (exact) mass is 543 g/mol. The van der Waals surface area contributed by atoms with Crippen LogP contribution in [0.25, 0.3) is 0 Å². The van der Waals surface area contributed by atoms with Crippen LogP contribution in [-0.2, 0) is 0 Å². The van der Waals surface area contributed by atoms with Gasteiger partial charge in [-0.2, -0.15) is 0 Å². The molecule has 0 radical (unpaired) electrons. The highest BCUT2D eigenvalue weighted by molar-refractivity contribution is 5.50. The van der Waals surface area contributed by atoms with Gasteiger partial charge in [0, 0.05) is 136 Å². The third kappa shape index (κ3) is 34.3. The number of hydrogen-bond donors (Lipinski definition) is 0. The lowest BCUT2D eigenvalue weighted by molar-refractivity contribution is 1.92. The van der Waals surface area contributed by atoms with E-state index >= 15 is 0 Å². The van der Waals surface area contributed by atoms with Gasteiger partial charge in [-0.1, -0.05) is 5.92 Å². The second-order valence-electron chi connectivity index (χ2n) is 5.50. The third-order valence-corrected chi connectivity index (χ3v) is 2.69. The maximum Gasteiger partial charge on any atom is 0 e. The zero-order valence-corrected chi connectivity index (χ0v) is 23.0. The van der Waals surface area contributed by atoms with E-state index in [-0.39, 0.29) is 0 Å². The molecular formula is C45H3-. The number of rotatable bonds is 0. The van der Waals surface area contributed by atoms with Gasteiger partial charge in [0.05, 0.1) is 0 Å². The lowest BCUT2D eigenvalue weighted by Gasteiger charge is -1.63. The van der Waals surface area contributed by atoms with Crippen LogP contribution in [0.4, 0.5) is 0 Å². The maximum atomic E-state index is 6.56. The van der Waals surface area contributed by atoms with Crippen LogP contribution in [0.1, 0.15) is 6.92 Å². The fourth-order valence-electron chi connectivity index (χ4n) is 1.31. The van der Waals surface area contributed by atoms with Gasteiger partial charge in [0.1, 0.15) is 0 Å². The van der Waals surface area contributed by atoms with Crippen molar-refractivity contribution < 1.29 is 0 Å². The molecule has 0 aliphatic heterocycles. The summed E-state index contributed by atoms with van der Waals surface area (Å²) in [5.41, 5.74) is 0. The highest BCUT2D eigenvalue weighted by Gasteiger charge is 1.61. The molecule has 184 valence electrons. The average Bonchev–Trinajstić information content (AvgIpc) is 3.05. The highest BCUT2D eigenvalue weighted by atomic mass is 13.6. The molecule has 0 aliphatic carbocycles. The molecule has 0 N–H and O–H groups in total. The minimum Gasteiger partial charge on any atom is -0.358 e. The molecule has 0 fully saturated rings. The molecule has 0 nitrogen and oxygen atoms in total. The van der Waals surface area contributed by atoms with E-state index in [2.05, 4.69) is 249 Å². The van der Waals surface area contributed by atoms with Crippen LogP contribution in [0.3, 0.4) is 0 Å². The first-order chi connectivity index (χ1) is 22.4. The third-order valence-electron chi connectivity index (χ3n) is 2.69. The van der Waals surface area contributed by atoms with Crippen molar-refractivity contribution in [2.24, 2.45) is 0 Å². The second kappa shape index (κ2) is 34.3. The van der Waals surface area contributed by atoms with Gasteiger partial charge in [-0.25, -0.2) is 5.92 Å². The van der Waals surface area contributed by atoms with Gasteiger partial charge < -0.3 is 6.42 Å². The van der Waals surface area contributed by atoms with Crippen LogP contribution in [0.5, 0.6) is 0 Å². The van der Waals surface area contributed by atoms with Crippen molar-refractivity contribution in [1.29, 1.82) is 0 Å². The van der Waals surface area contributed by atoms with E-state index < -0.39 is 0 Å². The van der Waals surface area contributed by atoms with Crippen molar-refractivity contribution in [3.8, 4) is 255 Å². The van der Waals surface area contributed by atoms with Crippen LogP contribution >= 0.6 is 0 Å². The molecule has 0 spiro atoms. The zero-order chi connectivity index (χ0) is 32.4. The lowest BCUT2D eigenvalue weighted by atomic mass is 10.4. The topological polar surface area (TPSA) is 0 Å². The smallest absolute Gasteiger partial charge is 0 e. The average molecular weight is 544 g/mol. The summed E-state index contributed by atoms with van der Waals surface area (Å²) in [7, 11) is 0. The van der Waals surface area contributed by atoms with Crippen LogP contribution in [-0.4, -0.2) is 0 Å². The summed E-state index contributed by atoms with van der Waals surface area (Å²) in [6.45, 7) is 1.69. The molecule has 0 heterocycles. The van der Waals surface area contributed by atoms with Crippen LogP contribution in [0.15, 0.2) is 0 Å². The first kappa shape index (κ1) is 35.3. The first-order valence-electron chi connectivity index (χ1n) is 11.2. The fraction of sp³-hybridized carbons (Fsp3) is 0.0222. The molecule has 0 saturated heterocycles. The zero-order valence-electron chi connectivity index (χ0n) is 23.0. The quantitative estimate of drug-likeness (QED) is 0.312. The summed E-state index contributed by atoms with van der Waals surface area (Å²) in [5.74, 6) is 106. The largest absolute Gasteiger partial charge is 0.358 e. The van der Waals surface area contributed by atoms with E-state index in [1.54, 1.807) is 6.92 Å². The molecule has 0 saturated carbocycles. The first-order valence-corrected chi connectivity index (χ1v) is 11.2. The summed E-state index contributed by atoms with van der Waals surface area (Å²) in [6.07, 6.45) is 6.56. The predicted octanol–water partition coefficient (Wildman–Crippen LogP) is 0.667. The fourth-order valence-corrected chi connectivity index (χ4v) is 1.31. The van der Waals surface area contributed by atoms with E-state index in [1.165, 1.54) is 0 Å². The van der Waals surface area contributed by atoms with Crippen molar-refractivity contribution in [1.82, 2.24) is 0 Å². The molecule has 0 unspecified atom stereocenters. The van der Waals surface area contributed by atoms with E-state index in [0.29, 0.717) is 0 Å². The molecule has 0 aromatic heterocycles. The molecule has 0 atom stereocenters. The molecule has 0 aliphatic rings. The van der Waals surface area contributed by atoms with Gasteiger partial charge in [0.15, 0.2) is 0 Å². The standard InChI is InChI=1S/C45H3/c1-3-5-7-9-11-13-15-17-19-21-23-25-27-29-31-33-35-37-39-41-43-45-44-42-40-38-36-34-32-30-28-26-24-22-20-18-16-14-12-10-8-6-4-2/h1H3/q-1. The Hall–Kier alpha value is -9.68. The van der Waals surface area contributed by atoms with Gasteiger partial charge >= 0.3 is 0 Å². The molecule has 0 amide bonds. The lowest BCUT2D eigenvalue weighted by Crippen LogP contribution is -1.57. The molecule has 0 aromatic rings. The highest BCUT2D eigenvalue weighted by Crippen LogP contribution is 1.61. The summed E-state index contributed by atoms with van der Waals surface area (Å²) in [6, 6.07) is 0. The Kier molecular flexibility index (Phi) is 26.9. The Balaban J connectivity index is 4.54. The van der Waals surface area contributed by atoms with Crippen LogP contribution in [0, 0.1) is 261 Å². The molecule has 45 heavy (non-hydrogen) atoms. The minimum atomic E-state index is 1.69. The van der Waals surface area contributed by atoms with E-state index in [0.717, 1.165) is 0 Å².